The molecule has 1 rings (SSSR count). The minimum Gasteiger partial charge on any atom is -0.506 e. The van der Waals surface area contributed by atoms with Crippen LogP contribution in [0.1, 0.15) is 5.56 Å². The average molecular weight is 119 g/mol. The molecule has 0 saturated heterocycles. The van der Waals surface area contributed by atoms with Gasteiger partial charge in [-0.15, -0.1) is 0 Å². The third-order valence-electron chi connectivity index (χ3n) is 1.02. The maximum atomic E-state index is 8.83. The Morgan fingerprint density at radius 2 is 2.33 bits per heavy atom. The Morgan fingerprint density at radius 1 is 1.56 bits per heavy atom. The first-order valence-corrected chi connectivity index (χ1v) is 2.66. The summed E-state index contributed by atoms with van der Waals surface area (Å²) in [6.45, 7) is 0. The van der Waals surface area contributed by atoms with E-state index in [1.807, 2.05) is 0 Å². The molecule has 1 N–H and O–H groups in total. The molecule has 0 aliphatic heterocycles. The number of pyridine rings is 1. The maximum Gasteiger partial charge on any atom is 0.134 e. The number of hydrogen-bond donors (Lipinski definition) is 1. The Morgan fingerprint density at radius 3 is 2.78 bits per heavy atom. The molecular formula is C6H6BNO. The van der Waals surface area contributed by atoms with E-state index in [0.717, 1.165) is 5.56 Å². The molecule has 0 aromatic carbocycles. The van der Waals surface area contributed by atoms with Crippen molar-refractivity contribution in [3.63, 3.8) is 0 Å². The standard InChI is InChI=1S/C6H6BNO/c7-2-5-1-6(9)4-8-3-5/h1,3-4,9H,2H2. The molecule has 0 atom stereocenters. The van der Waals surface area contributed by atoms with Crippen molar-refractivity contribution >= 4 is 7.85 Å². The minimum absolute atomic E-state index is 0.165. The van der Waals surface area contributed by atoms with Crippen molar-refractivity contribution in [3.8, 4) is 5.75 Å². The largest absolute Gasteiger partial charge is 0.506 e. The Labute approximate surface area is 55.0 Å². The van der Waals surface area contributed by atoms with Crippen molar-refractivity contribution in [2.45, 2.75) is 6.32 Å². The number of aromatic nitrogens is 1. The molecule has 1 heterocycles. The van der Waals surface area contributed by atoms with E-state index in [2.05, 4.69) is 4.98 Å². The van der Waals surface area contributed by atoms with Crippen LogP contribution in [-0.2, 0) is 6.32 Å². The molecule has 9 heavy (non-hydrogen) atoms. The van der Waals surface area contributed by atoms with Gasteiger partial charge in [0.1, 0.15) is 5.75 Å². The Hall–Kier alpha value is -0.985. The van der Waals surface area contributed by atoms with Crippen molar-refractivity contribution in [3.05, 3.63) is 24.0 Å². The fourth-order valence-electron chi connectivity index (χ4n) is 0.585. The molecule has 2 radical (unpaired) electrons. The van der Waals surface area contributed by atoms with Crippen LogP contribution >= 0.6 is 0 Å². The van der Waals surface area contributed by atoms with Crippen LogP contribution in [0.4, 0.5) is 0 Å². The molecule has 44 valence electrons. The Kier molecular flexibility index (Phi) is 1.73. The highest BCUT2D eigenvalue weighted by Gasteiger charge is 1.88. The third kappa shape index (κ3) is 1.45. The number of nitrogens with zero attached hydrogens (tertiary/aromatic N) is 1. The fourth-order valence-corrected chi connectivity index (χ4v) is 0.585. The lowest BCUT2D eigenvalue weighted by atomic mass is 9.99. The highest BCUT2D eigenvalue weighted by Crippen LogP contribution is 2.07. The maximum absolute atomic E-state index is 8.83. The van der Waals surface area contributed by atoms with Gasteiger partial charge in [-0.2, -0.15) is 0 Å². The molecule has 0 saturated carbocycles. The number of aromatic hydroxyl groups is 1. The molecular weight excluding hydrogens is 113 g/mol. The van der Waals surface area contributed by atoms with E-state index in [4.69, 9.17) is 13.0 Å². The van der Waals surface area contributed by atoms with E-state index in [-0.39, 0.29) is 5.75 Å². The van der Waals surface area contributed by atoms with E-state index in [0.29, 0.717) is 6.32 Å². The van der Waals surface area contributed by atoms with E-state index in [9.17, 15) is 0 Å². The zero-order chi connectivity index (χ0) is 6.69. The van der Waals surface area contributed by atoms with Crippen molar-refractivity contribution in [1.29, 1.82) is 0 Å². The van der Waals surface area contributed by atoms with E-state index in [1.165, 1.54) is 6.20 Å². The highest BCUT2D eigenvalue weighted by atomic mass is 16.3. The summed E-state index contributed by atoms with van der Waals surface area (Å²) in [6.07, 6.45) is 3.42. The summed E-state index contributed by atoms with van der Waals surface area (Å²) in [5, 5.41) is 8.83. The lowest BCUT2D eigenvalue weighted by Crippen LogP contribution is -1.83. The average Bonchev–Trinajstić information content (AvgIpc) is 1.88. The van der Waals surface area contributed by atoms with Crippen LogP contribution < -0.4 is 0 Å². The molecule has 0 aliphatic rings. The zero-order valence-electron chi connectivity index (χ0n) is 4.91. The second kappa shape index (κ2) is 2.53. The third-order valence-corrected chi connectivity index (χ3v) is 1.02. The van der Waals surface area contributed by atoms with Gasteiger partial charge < -0.3 is 5.11 Å². The van der Waals surface area contributed by atoms with E-state index >= 15 is 0 Å². The van der Waals surface area contributed by atoms with Crippen LogP contribution in [0.3, 0.4) is 0 Å². The molecule has 0 aliphatic carbocycles. The fraction of sp³-hybridized carbons (Fsp3) is 0.167. The Bertz CT molecular complexity index is 202. The highest BCUT2D eigenvalue weighted by molar-refractivity contribution is 6.08. The summed E-state index contributed by atoms with van der Waals surface area (Å²) in [6, 6.07) is 1.59. The van der Waals surface area contributed by atoms with Crippen molar-refractivity contribution < 1.29 is 5.11 Å². The van der Waals surface area contributed by atoms with Crippen LogP contribution in [0.25, 0.3) is 0 Å². The van der Waals surface area contributed by atoms with Crippen LogP contribution in [0.15, 0.2) is 18.5 Å². The van der Waals surface area contributed by atoms with Gasteiger partial charge in [0.05, 0.1) is 14.0 Å². The topological polar surface area (TPSA) is 33.1 Å². The van der Waals surface area contributed by atoms with Gasteiger partial charge in [-0.3, -0.25) is 4.98 Å². The molecule has 3 heteroatoms. The minimum atomic E-state index is 0.165. The SMILES string of the molecule is [B]Cc1cncc(O)c1. The smallest absolute Gasteiger partial charge is 0.134 e. The molecule has 1 aromatic rings. The van der Waals surface area contributed by atoms with Crippen LogP contribution in [0.5, 0.6) is 5.75 Å². The zero-order valence-corrected chi connectivity index (χ0v) is 4.91. The first-order valence-electron chi connectivity index (χ1n) is 2.66. The van der Waals surface area contributed by atoms with Gasteiger partial charge in [-0.05, 0) is 11.6 Å². The van der Waals surface area contributed by atoms with Crippen LogP contribution in [0, 0.1) is 0 Å². The first kappa shape index (κ1) is 6.14. The molecule has 0 bridgehead atoms. The summed E-state index contributed by atoms with van der Waals surface area (Å²) in [5.74, 6) is 0.165. The number of hydrogen-bond acceptors (Lipinski definition) is 2. The lowest BCUT2D eigenvalue weighted by Gasteiger charge is -1.93. The monoisotopic (exact) mass is 119 g/mol. The summed E-state index contributed by atoms with van der Waals surface area (Å²) < 4.78 is 0. The molecule has 0 unspecified atom stereocenters. The van der Waals surface area contributed by atoms with Crippen LogP contribution in [0.2, 0.25) is 0 Å². The van der Waals surface area contributed by atoms with Crippen LogP contribution in [-0.4, -0.2) is 17.9 Å². The second-order valence-corrected chi connectivity index (χ2v) is 1.76. The molecule has 0 spiro atoms. The summed E-state index contributed by atoms with van der Waals surface area (Å²) >= 11 is 0. The second-order valence-electron chi connectivity index (χ2n) is 1.76. The lowest BCUT2D eigenvalue weighted by molar-refractivity contribution is 0.472. The predicted molar refractivity (Wildman–Crippen MR) is 35.4 cm³/mol. The Balaban J connectivity index is 2.94. The predicted octanol–water partition coefficient (Wildman–Crippen LogP) is 0.456. The summed E-state index contributed by atoms with van der Waals surface area (Å²) in [4.78, 5) is 3.73. The molecule has 1 aromatic heterocycles. The first-order chi connectivity index (χ1) is 4.33. The van der Waals surface area contributed by atoms with Gasteiger partial charge in [0.2, 0.25) is 0 Å². The van der Waals surface area contributed by atoms with Crippen molar-refractivity contribution in [2.75, 3.05) is 0 Å². The van der Waals surface area contributed by atoms with Gasteiger partial charge in [0.15, 0.2) is 0 Å². The van der Waals surface area contributed by atoms with Gasteiger partial charge >= 0.3 is 0 Å². The summed E-state index contributed by atoms with van der Waals surface area (Å²) in [5.41, 5.74) is 0.843. The van der Waals surface area contributed by atoms with Gasteiger partial charge in [0, 0.05) is 6.20 Å². The van der Waals surface area contributed by atoms with E-state index in [1.54, 1.807) is 12.3 Å². The van der Waals surface area contributed by atoms with Gasteiger partial charge in [-0.25, -0.2) is 0 Å². The molecule has 0 amide bonds. The van der Waals surface area contributed by atoms with Gasteiger partial charge in [-0.1, -0.05) is 6.32 Å². The molecule has 2 nitrogen and oxygen atoms in total. The molecule has 0 fully saturated rings. The van der Waals surface area contributed by atoms with Crippen molar-refractivity contribution in [2.24, 2.45) is 0 Å². The van der Waals surface area contributed by atoms with Gasteiger partial charge in [0.25, 0.3) is 0 Å². The normalized spacial score (nSPS) is 9.33. The van der Waals surface area contributed by atoms with E-state index < -0.39 is 0 Å². The summed E-state index contributed by atoms with van der Waals surface area (Å²) in [7, 11) is 5.27. The quantitative estimate of drug-likeness (QED) is 0.544. The van der Waals surface area contributed by atoms with Crippen molar-refractivity contribution in [1.82, 2.24) is 4.98 Å². The number of rotatable bonds is 1.